The Bertz CT molecular complexity index is 753. The van der Waals surface area contributed by atoms with Gasteiger partial charge < -0.3 is 9.64 Å². The highest BCUT2D eigenvalue weighted by Crippen LogP contribution is 2.30. The van der Waals surface area contributed by atoms with E-state index in [1.165, 1.54) is 0 Å². The molecule has 0 aliphatic carbocycles. The van der Waals surface area contributed by atoms with Crippen LogP contribution in [0.5, 0.6) is 0 Å². The summed E-state index contributed by atoms with van der Waals surface area (Å²) in [4.78, 5) is 16.8. The fourth-order valence-corrected chi connectivity index (χ4v) is 3.31. The minimum Gasteiger partial charge on any atom is -0.378 e. The van der Waals surface area contributed by atoms with E-state index >= 15 is 0 Å². The second-order valence-electron chi connectivity index (χ2n) is 4.85. The van der Waals surface area contributed by atoms with Crippen LogP contribution in [0.3, 0.4) is 0 Å². The van der Waals surface area contributed by atoms with Crippen LogP contribution < -0.4 is 4.90 Å². The number of ether oxygens (including phenoxy) is 1. The number of nitrogens with zero attached hydrogens (tertiary/aromatic N) is 4. The number of hydrogen-bond acceptors (Lipinski definition) is 6. The van der Waals surface area contributed by atoms with Gasteiger partial charge in [-0.25, -0.2) is 9.97 Å². The molecule has 1 aliphatic rings. The third kappa shape index (κ3) is 2.48. The fourth-order valence-electron chi connectivity index (χ4n) is 2.39. The van der Waals surface area contributed by atoms with E-state index in [1.807, 2.05) is 30.5 Å². The smallest absolute Gasteiger partial charge is 0.146 e. The predicted molar refractivity (Wildman–Crippen MR) is 83.7 cm³/mol. The zero-order valence-corrected chi connectivity index (χ0v) is 12.2. The summed E-state index contributed by atoms with van der Waals surface area (Å²) >= 11 is 1.61. The van der Waals surface area contributed by atoms with Crippen LogP contribution in [0.1, 0.15) is 0 Å². The maximum Gasteiger partial charge on any atom is 0.146 e. The molecule has 0 N–H and O–H groups in total. The number of morpholine rings is 1. The Morgan fingerprint density at radius 2 is 2.00 bits per heavy atom. The van der Waals surface area contributed by atoms with Crippen LogP contribution in [-0.2, 0) is 4.74 Å². The van der Waals surface area contributed by atoms with Gasteiger partial charge in [-0.2, -0.15) is 0 Å². The molecule has 0 spiro atoms. The first kappa shape index (κ1) is 12.7. The molecule has 3 aromatic heterocycles. The quantitative estimate of drug-likeness (QED) is 0.728. The molecule has 5 nitrogen and oxygen atoms in total. The van der Waals surface area contributed by atoms with Crippen molar-refractivity contribution in [2.45, 2.75) is 0 Å². The molecule has 0 unspecified atom stereocenters. The second kappa shape index (κ2) is 5.38. The van der Waals surface area contributed by atoms with E-state index in [0.717, 1.165) is 53.0 Å². The third-order valence-corrected chi connectivity index (χ3v) is 4.50. The number of aromatic nitrogens is 3. The van der Waals surface area contributed by atoms with Crippen molar-refractivity contribution in [1.29, 1.82) is 0 Å². The number of rotatable bonds is 2. The van der Waals surface area contributed by atoms with E-state index in [2.05, 4.69) is 14.9 Å². The Kier molecular flexibility index (Phi) is 3.25. The summed E-state index contributed by atoms with van der Waals surface area (Å²) in [5.41, 5.74) is 1.98. The minimum absolute atomic E-state index is 0.767. The first-order valence-corrected chi connectivity index (χ1v) is 7.72. The first-order chi connectivity index (χ1) is 10.4. The van der Waals surface area contributed by atoms with Crippen molar-refractivity contribution in [3.63, 3.8) is 0 Å². The second-order valence-corrected chi connectivity index (χ2v) is 5.83. The molecule has 0 radical (unpaired) electrons. The SMILES string of the molecule is c1cncc(-c2nc3ccc(N4CCOCC4)nc3s2)c1. The van der Waals surface area contributed by atoms with Crippen molar-refractivity contribution in [3.8, 4) is 10.6 Å². The molecule has 0 atom stereocenters. The van der Waals surface area contributed by atoms with Crippen molar-refractivity contribution in [1.82, 2.24) is 15.0 Å². The zero-order chi connectivity index (χ0) is 14.1. The molecular formula is C15H14N4OS. The lowest BCUT2D eigenvalue weighted by Gasteiger charge is -2.27. The third-order valence-electron chi connectivity index (χ3n) is 3.48. The Hall–Kier alpha value is -2.05. The van der Waals surface area contributed by atoms with Crippen LogP contribution in [0.25, 0.3) is 20.9 Å². The Morgan fingerprint density at radius 3 is 2.81 bits per heavy atom. The molecule has 3 aromatic rings. The molecule has 106 valence electrons. The van der Waals surface area contributed by atoms with E-state index in [4.69, 9.17) is 9.72 Å². The van der Waals surface area contributed by atoms with Gasteiger partial charge in [0.2, 0.25) is 0 Å². The molecule has 4 heterocycles. The normalized spacial score (nSPS) is 15.5. The van der Waals surface area contributed by atoms with Gasteiger partial charge >= 0.3 is 0 Å². The van der Waals surface area contributed by atoms with Gasteiger partial charge in [-0.05, 0) is 24.3 Å². The molecule has 0 amide bonds. The summed E-state index contributed by atoms with van der Waals surface area (Å²) in [6, 6.07) is 8.03. The van der Waals surface area contributed by atoms with Crippen LogP contribution in [0.2, 0.25) is 0 Å². The van der Waals surface area contributed by atoms with Crippen molar-refractivity contribution in [2.75, 3.05) is 31.2 Å². The molecule has 6 heteroatoms. The van der Waals surface area contributed by atoms with Crippen LogP contribution in [-0.4, -0.2) is 41.3 Å². The highest BCUT2D eigenvalue weighted by atomic mass is 32.1. The van der Waals surface area contributed by atoms with E-state index in [0.29, 0.717) is 0 Å². The van der Waals surface area contributed by atoms with Crippen LogP contribution in [0.4, 0.5) is 5.82 Å². The molecule has 1 saturated heterocycles. The van der Waals surface area contributed by atoms with E-state index in [9.17, 15) is 0 Å². The van der Waals surface area contributed by atoms with Gasteiger partial charge in [0.1, 0.15) is 21.2 Å². The van der Waals surface area contributed by atoms with E-state index < -0.39 is 0 Å². The lowest BCUT2D eigenvalue weighted by atomic mass is 10.3. The topological polar surface area (TPSA) is 51.1 Å². The summed E-state index contributed by atoms with van der Waals surface area (Å²) in [5.74, 6) is 1.01. The molecule has 21 heavy (non-hydrogen) atoms. The zero-order valence-electron chi connectivity index (χ0n) is 11.4. The molecule has 0 saturated carbocycles. The van der Waals surface area contributed by atoms with Crippen molar-refractivity contribution in [2.24, 2.45) is 0 Å². The molecule has 1 fully saturated rings. The number of thiazole rings is 1. The molecule has 0 bridgehead atoms. The monoisotopic (exact) mass is 298 g/mol. The highest BCUT2D eigenvalue weighted by molar-refractivity contribution is 7.21. The molecular weight excluding hydrogens is 284 g/mol. The predicted octanol–water partition coefficient (Wildman–Crippen LogP) is 2.59. The lowest BCUT2D eigenvalue weighted by Crippen LogP contribution is -2.36. The standard InChI is InChI=1S/C15H14N4OS/c1-2-11(10-16-5-1)14-17-12-3-4-13(18-15(12)21-14)19-6-8-20-9-7-19/h1-5,10H,6-9H2. The average Bonchev–Trinajstić information content (AvgIpc) is 2.99. The summed E-state index contributed by atoms with van der Waals surface area (Å²) < 4.78 is 5.38. The number of pyridine rings is 2. The Morgan fingerprint density at radius 1 is 1.10 bits per heavy atom. The minimum atomic E-state index is 0.767. The molecule has 1 aliphatic heterocycles. The Balaban J connectivity index is 1.71. The van der Waals surface area contributed by atoms with E-state index in [1.54, 1.807) is 17.5 Å². The van der Waals surface area contributed by atoms with Crippen LogP contribution >= 0.6 is 11.3 Å². The van der Waals surface area contributed by atoms with Gasteiger partial charge in [0.05, 0.1) is 13.2 Å². The first-order valence-electron chi connectivity index (χ1n) is 6.91. The summed E-state index contributed by atoms with van der Waals surface area (Å²) in [6.45, 7) is 3.33. The van der Waals surface area contributed by atoms with Crippen molar-refractivity contribution >= 4 is 27.5 Å². The van der Waals surface area contributed by atoms with Gasteiger partial charge in [-0.1, -0.05) is 11.3 Å². The van der Waals surface area contributed by atoms with Crippen LogP contribution in [0, 0.1) is 0 Å². The fraction of sp³-hybridized carbons (Fsp3) is 0.267. The van der Waals surface area contributed by atoms with Gasteiger partial charge in [0, 0.05) is 31.0 Å². The van der Waals surface area contributed by atoms with Crippen LogP contribution in [0.15, 0.2) is 36.7 Å². The largest absolute Gasteiger partial charge is 0.378 e. The molecule has 0 aromatic carbocycles. The van der Waals surface area contributed by atoms with Crippen molar-refractivity contribution in [3.05, 3.63) is 36.7 Å². The van der Waals surface area contributed by atoms with Gasteiger partial charge in [-0.3, -0.25) is 4.98 Å². The highest BCUT2D eigenvalue weighted by Gasteiger charge is 2.14. The van der Waals surface area contributed by atoms with E-state index in [-0.39, 0.29) is 0 Å². The van der Waals surface area contributed by atoms with Gasteiger partial charge in [0.15, 0.2) is 0 Å². The number of hydrogen-bond donors (Lipinski definition) is 0. The maximum absolute atomic E-state index is 5.38. The van der Waals surface area contributed by atoms with Crippen molar-refractivity contribution < 1.29 is 4.74 Å². The summed E-state index contributed by atoms with van der Waals surface area (Å²) in [6.07, 6.45) is 3.60. The number of fused-ring (bicyclic) bond motifs is 1. The van der Waals surface area contributed by atoms with Gasteiger partial charge in [-0.15, -0.1) is 0 Å². The Labute approximate surface area is 126 Å². The average molecular weight is 298 g/mol. The summed E-state index contributed by atoms with van der Waals surface area (Å²) in [7, 11) is 0. The maximum atomic E-state index is 5.38. The summed E-state index contributed by atoms with van der Waals surface area (Å²) in [5, 5.41) is 0.963. The lowest BCUT2D eigenvalue weighted by molar-refractivity contribution is 0.122. The number of anilines is 1. The molecule has 4 rings (SSSR count). The van der Waals surface area contributed by atoms with Gasteiger partial charge in [0.25, 0.3) is 0 Å².